The maximum atomic E-state index is 14.6. The van der Waals surface area contributed by atoms with E-state index in [1.807, 2.05) is 13.8 Å². The van der Waals surface area contributed by atoms with Gasteiger partial charge in [0.25, 0.3) is 10.0 Å². The highest BCUT2D eigenvalue weighted by Crippen LogP contribution is 2.25. The molecule has 3 aromatic rings. The second kappa shape index (κ2) is 13.2. The molecule has 0 saturated heterocycles. The molecule has 202 valence electrons. The first kappa shape index (κ1) is 28.8. The van der Waals surface area contributed by atoms with Crippen molar-refractivity contribution in [3.8, 4) is 0 Å². The van der Waals surface area contributed by atoms with E-state index in [0.717, 1.165) is 22.7 Å². The number of nitrogens with one attached hydrogen (secondary N) is 1. The van der Waals surface area contributed by atoms with Gasteiger partial charge in [-0.25, -0.2) is 12.8 Å². The molecular weight excluding hydrogens is 505 g/mol. The van der Waals surface area contributed by atoms with E-state index in [1.165, 1.54) is 35.2 Å². The van der Waals surface area contributed by atoms with E-state index in [0.29, 0.717) is 12.2 Å². The summed E-state index contributed by atoms with van der Waals surface area (Å²) in [6.07, 6.45) is 1.66. The smallest absolute Gasteiger partial charge is 0.264 e. The quantitative estimate of drug-likeness (QED) is 0.339. The van der Waals surface area contributed by atoms with Crippen LogP contribution < -0.4 is 9.62 Å². The molecule has 3 aromatic carbocycles. The lowest BCUT2D eigenvalue weighted by Gasteiger charge is -2.32. The second-order valence-electron chi connectivity index (χ2n) is 9.09. The van der Waals surface area contributed by atoms with Crippen molar-refractivity contribution in [2.24, 2.45) is 0 Å². The fraction of sp³-hybridized carbons (Fsp3) is 0.310. The molecule has 0 aromatic heterocycles. The zero-order valence-electron chi connectivity index (χ0n) is 21.9. The summed E-state index contributed by atoms with van der Waals surface area (Å²) in [5.74, 6) is -1.54. The average molecular weight is 540 g/mol. The molecule has 38 heavy (non-hydrogen) atoms. The van der Waals surface area contributed by atoms with Crippen molar-refractivity contribution < 1.29 is 22.4 Å². The molecule has 0 aliphatic rings. The van der Waals surface area contributed by atoms with E-state index < -0.39 is 40.2 Å². The minimum atomic E-state index is -4.13. The van der Waals surface area contributed by atoms with E-state index in [-0.39, 0.29) is 17.0 Å². The third-order valence-electron chi connectivity index (χ3n) is 6.23. The van der Waals surface area contributed by atoms with Crippen LogP contribution in [0.3, 0.4) is 0 Å². The van der Waals surface area contributed by atoms with Crippen molar-refractivity contribution in [1.82, 2.24) is 10.2 Å². The van der Waals surface area contributed by atoms with Crippen LogP contribution in [-0.2, 0) is 26.2 Å². The maximum Gasteiger partial charge on any atom is 0.264 e. The van der Waals surface area contributed by atoms with E-state index in [1.54, 1.807) is 55.5 Å². The fourth-order valence-corrected chi connectivity index (χ4v) is 5.32. The first-order valence-corrected chi connectivity index (χ1v) is 14.0. The normalized spacial score (nSPS) is 12.0. The van der Waals surface area contributed by atoms with Crippen molar-refractivity contribution >= 4 is 27.5 Å². The van der Waals surface area contributed by atoms with Crippen LogP contribution in [0.2, 0.25) is 0 Å². The fourth-order valence-electron chi connectivity index (χ4n) is 3.89. The van der Waals surface area contributed by atoms with Gasteiger partial charge in [0.15, 0.2) is 0 Å². The van der Waals surface area contributed by atoms with Gasteiger partial charge in [0.2, 0.25) is 11.8 Å². The maximum absolute atomic E-state index is 14.6. The van der Waals surface area contributed by atoms with Crippen LogP contribution >= 0.6 is 0 Å². The summed E-state index contributed by atoms with van der Waals surface area (Å²) >= 11 is 0. The highest BCUT2D eigenvalue weighted by Gasteiger charge is 2.32. The molecule has 1 N–H and O–H groups in total. The predicted octanol–water partition coefficient (Wildman–Crippen LogP) is 4.66. The van der Waals surface area contributed by atoms with Gasteiger partial charge in [-0.3, -0.25) is 13.9 Å². The number of rotatable bonds is 12. The Morgan fingerprint density at radius 1 is 0.947 bits per heavy atom. The van der Waals surface area contributed by atoms with Crippen molar-refractivity contribution in [2.45, 2.75) is 51.1 Å². The van der Waals surface area contributed by atoms with Gasteiger partial charge < -0.3 is 10.2 Å². The number of benzene rings is 3. The molecule has 9 heteroatoms. The van der Waals surface area contributed by atoms with Crippen molar-refractivity contribution in [3.63, 3.8) is 0 Å². The minimum Gasteiger partial charge on any atom is -0.354 e. The van der Waals surface area contributed by atoms with Gasteiger partial charge in [-0.2, -0.15) is 0 Å². The number of amides is 2. The van der Waals surface area contributed by atoms with E-state index in [4.69, 9.17) is 0 Å². The highest BCUT2D eigenvalue weighted by molar-refractivity contribution is 7.92. The van der Waals surface area contributed by atoms with Gasteiger partial charge >= 0.3 is 0 Å². The summed E-state index contributed by atoms with van der Waals surface area (Å²) in [6.45, 7) is 5.11. The summed E-state index contributed by atoms with van der Waals surface area (Å²) < 4.78 is 42.9. The van der Waals surface area contributed by atoms with Crippen molar-refractivity contribution in [1.29, 1.82) is 0 Å². The Morgan fingerprint density at radius 2 is 1.58 bits per heavy atom. The summed E-state index contributed by atoms with van der Waals surface area (Å²) in [5.41, 5.74) is 1.45. The SMILES string of the molecule is CCCCNC(=O)[C@H](C)N(Cc1ccccc1F)C(=O)CN(c1ccc(C)cc1)S(=O)(=O)c1ccccc1. The number of hydrogen-bond donors (Lipinski definition) is 1. The summed E-state index contributed by atoms with van der Waals surface area (Å²) in [6, 6.07) is 19.7. The third kappa shape index (κ3) is 7.19. The zero-order chi connectivity index (χ0) is 27.7. The molecule has 7 nitrogen and oxygen atoms in total. The molecule has 0 saturated carbocycles. The van der Waals surface area contributed by atoms with Crippen molar-refractivity contribution in [3.05, 3.63) is 95.8 Å². The number of aryl methyl sites for hydroxylation is 1. The number of unbranched alkanes of at least 4 members (excludes halogenated alkanes) is 1. The number of carbonyl (C=O) groups excluding carboxylic acids is 2. The predicted molar refractivity (Wildman–Crippen MR) is 146 cm³/mol. The number of sulfonamides is 1. The standard InChI is InChI=1S/C29H34FN3O4S/c1-4-5-19-31-29(35)23(3)32(20-24-11-9-10-14-27(24)30)28(34)21-33(25-17-15-22(2)16-18-25)38(36,37)26-12-7-6-8-13-26/h6-18,23H,4-5,19-21H2,1-3H3,(H,31,35)/t23-/m0/s1. The molecule has 1 atom stereocenters. The number of halogens is 1. The summed E-state index contributed by atoms with van der Waals surface area (Å²) in [5, 5.41) is 2.81. The van der Waals surface area contributed by atoms with Crippen LogP contribution in [0.25, 0.3) is 0 Å². The second-order valence-corrected chi connectivity index (χ2v) is 11.0. The lowest BCUT2D eigenvalue weighted by Crippen LogP contribution is -2.51. The highest BCUT2D eigenvalue weighted by atomic mass is 32.2. The third-order valence-corrected chi connectivity index (χ3v) is 8.02. The monoisotopic (exact) mass is 539 g/mol. The Morgan fingerprint density at radius 3 is 2.21 bits per heavy atom. The molecule has 0 unspecified atom stereocenters. The topological polar surface area (TPSA) is 86.8 Å². The van der Waals surface area contributed by atoms with Gasteiger partial charge in [0, 0.05) is 18.7 Å². The van der Waals surface area contributed by atoms with Crippen LogP contribution in [0.15, 0.2) is 83.8 Å². The van der Waals surface area contributed by atoms with Gasteiger partial charge in [-0.1, -0.05) is 67.4 Å². The Hall–Kier alpha value is -3.72. The Kier molecular flexibility index (Phi) is 10.0. The molecule has 3 rings (SSSR count). The molecular formula is C29H34FN3O4S. The number of carbonyl (C=O) groups is 2. The van der Waals surface area contributed by atoms with Gasteiger partial charge in [0.05, 0.1) is 10.6 Å². The largest absolute Gasteiger partial charge is 0.354 e. The molecule has 0 fully saturated rings. The van der Waals surface area contributed by atoms with E-state index >= 15 is 0 Å². The number of nitrogens with zero attached hydrogens (tertiary/aromatic N) is 2. The van der Waals surface area contributed by atoms with Gasteiger partial charge in [-0.15, -0.1) is 0 Å². The lowest BCUT2D eigenvalue weighted by molar-refractivity contribution is -0.139. The summed E-state index contributed by atoms with van der Waals surface area (Å²) in [4.78, 5) is 28.0. The Bertz CT molecular complexity index is 1330. The van der Waals surface area contributed by atoms with Crippen LogP contribution in [0.4, 0.5) is 10.1 Å². The first-order chi connectivity index (χ1) is 18.1. The van der Waals surface area contributed by atoms with Crippen LogP contribution in [-0.4, -0.2) is 44.3 Å². The number of hydrogen-bond acceptors (Lipinski definition) is 4. The Labute approximate surface area is 224 Å². The minimum absolute atomic E-state index is 0.0272. The van der Waals surface area contributed by atoms with Gasteiger partial charge in [0.1, 0.15) is 18.4 Å². The average Bonchev–Trinajstić information content (AvgIpc) is 2.92. The van der Waals surface area contributed by atoms with Crippen LogP contribution in [0.1, 0.15) is 37.8 Å². The van der Waals surface area contributed by atoms with E-state index in [2.05, 4.69) is 5.32 Å². The molecule has 0 radical (unpaired) electrons. The van der Waals surface area contributed by atoms with Gasteiger partial charge in [-0.05, 0) is 50.6 Å². The molecule has 0 aliphatic carbocycles. The van der Waals surface area contributed by atoms with Crippen LogP contribution in [0.5, 0.6) is 0 Å². The lowest BCUT2D eigenvalue weighted by atomic mass is 10.1. The van der Waals surface area contributed by atoms with Crippen LogP contribution in [0, 0.1) is 12.7 Å². The molecule has 0 aliphatic heterocycles. The molecule has 0 bridgehead atoms. The molecule has 0 spiro atoms. The van der Waals surface area contributed by atoms with Crippen molar-refractivity contribution in [2.75, 3.05) is 17.4 Å². The Balaban J connectivity index is 1.99. The summed E-state index contributed by atoms with van der Waals surface area (Å²) in [7, 11) is -4.13. The zero-order valence-corrected chi connectivity index (χ0v) is 22.7. The first-order valence-electron chi connectivity index (χ1n) is 12.6. The molecule has 2 amide bonds. The molecule has 0 heterocycles. The number of anilines is 1. The van der Waals surface area contributed by atoms with E-state index in [9.17, 15) is 22.4 Å².